The van der Waals surface area contributed by atoms with Crippen molar-refractivity contribution in [3.63, 3.8) is 0 Å². The first kappa shape index (κ1) is 19.1. The van der Waals surface area contributed by atoms with Crippen LogP contribution in [0.2, 0.25) is 0 Å². The summed E-state index contributed by atoms with van der Waals surface area (Å²) >= 11 is 0. The van der Waals surface area contributed by atoms with Crippen molar-refractivity contribution in [2.45, 2.75) is 20.3 Å². The molecule has 3 N–H and O–H groups in total. The second-order valence-corrected chi connectivity index (χ2v) is 6.54. The summed E-state index contributed by atoms with van der Waals surface area (Å²) in [5.41, 5.74) is 3.39. The number of nitrogens with one attached hydrogen (secondary N) is 2. The molecule has 0 spiro atoms. The molecule has 0 bridgehead atoms. The highest BCUT2D eigenvalue weighted by Gasteiger charge is 2.21. The van der Waals surface area contributed by atoms with Crippen LogP contribution in [0.4, 0.5) is 16.4 Å². The van der Waals surface area contributed by atoms with Crippen LogP contribution in [-0.2, 0) is 6.42 Å². The highest BCUT2D eigenvalue weighted by atomic mass is 16.5. The van der Waals surface area contributed by atoms with Gasteiger partial charge in [-0.1, -0.05) is 24.2 Å². The van der Waals surface area contributed by atoms with Crippen LogP contribution in [0.15, 0.2) is 47.1 Å². The number of carbonyl (C=O) groups is 2. The maximum Gasteiger partial charge on any atom is 0.341 e. The average Bonchev–Trinajstić information content (AvgIpc) is 3.30. The first-order valence-corrected chi connectivity index (χ1v) is 9.18. The minimum absolute atomic E-state index is 0.0929. The fourth-order valence-electron chi connectivity index (χ4n) is 3.13. The van der Waals surface area contributed by atoms with Gasteiger partial charge in [0.05, 0.1) is 17.1 Å². The quantitative estimate of drug-likeness (QED) is 0.461. The fourth-order valence-corrected chi connectivity index (χ4v) is 3.13. The van der Waals surface area contributed by atoms with Crippen LogP contribution in [0.25, 0.3) is 16.9 Å². The standard InChI is InChI=1S/C20H18N6O4/c1-3-14-17(19(27)28)18-21-8-7-15(26(18)24-14)12-5-4-6-13(10-12)22-20(29)23-16-9-11(2)25-30-16/h4-10H,3H2,1-2H3,(H,27,28)(H2,22,23,29). The SMILES string of the molecule is CCc1nn2c(-c3cccc(NC(=O)Nc4cc(C)no4)c3)ccnc2c1C(=O)O. The van der Waals surface area contributed by atoms with E-state index >= 15 is 0 Å². The minimum Gasteiger partial charge on any atom is -0.477 e. The third-order valence-corrected chi connectivity index (χ3v) is 4.42. The molecule has 0 aliphatic heterocycles. The molecule has 0 atom stereocenters. The van der Waals surface area contributed by atoms with E-state index in [0.717, 1.165) is 5.56 Å². The van der Waals surface area contributed by atoms with E-state index in [9.17, 15) is 14.7 Å². The molecule has 0 saturated carbocycles. The molecule has 4 rings (SSSR count). The molecule has 4 aromatic rings. The summed E-state index contributed by atoms with van der Waals surface area (Å²) in [7, 11) is 0. The Morgan fingerprint density at radius 2 is 2.03 bits per heavy atom. The summed E-state index contributed by atoms with van der Waals surface area (Å²) < 4.78 is 6.48. The number of carboxylic acid groups (broad SMARTS) is 1. The second-order valence-electron chi connectivity index (χ2n) is 6.54. The van der Waals surface area contributed by atoms with E-state index in [1.807, 2.05) is 13.0 Å². The fraction of sp³-hybridized carbons (Fsp3) is 0.150. The van der Waals surface area contributed by atoms with Crippen LogP contribution in [0, 0.1) is 6.92 Å². The highest BCUT2D eigenvalue weighted by Crippen LogP contribution is 2.25. The van der Waals surface area contributed by atoms with Gasteiger partial charge in [0.1, 0.15) is 5.56 Å². The molecule has 3 aromatic heterocycles. The summed E-state index contributed by atoms with van der Waals surface area (Å²) in [4.78, 5) is 28.1. The van der Waals surface area contributed by atoms with Gasteiger partial charge in [-0.15, -0.1) is 0 Å². The summed E-state index contributed by atoms with van der Waals surface area (Å²) in [6, 6.07) is 9.96. The predicted octanol–water partition coefficient (Wildman–Crippen LogP) is 3.60. The molecule has 1 aromatic carbocycles. The van der Waals surface area contributed by atoms with Gasteiger partial charge in [0.25, 0.3) is 0 Å². The number of carboxylic acids is 1. The van der Waals surface area contributed by atoms with Crippen molar-refractivity contribution in [2.75, 3.05) is 10.6 Å². The van der Waals surface area contributed by atoms with Crippen LogP contribution >= 0.6 is 0 Å². The molecule has 0 fully saturated rings. The topological polar surface area (TPSA) is 135 Å². The lowest BCUT2D eigenvalue weighted by molar-refractivity contribution is 0.0697. The molecule has 0 aliphatic rings. The number of benzene rings is 1. The molecular formula is C20H18N6O4. The largest absolute Gasteiger partial charge is 0.477 e. The van der Waals surface area contributed by atoms with E-state index in [0.29, 0.717) is 29.2 Å². The van der Waals surface area contributed by atoms with Gasteiger partial charge >= 0.3 is 12.0 Å². The van der Waals surface area contributed by atoms with Gasteiger partial charge in [-0.3, -0.25) is 5.32 Å². The van der Waals surface area contributed by atoms with Crippen LogP contribution in [-0.4, -0.2) is 36.9 Å². The van der Waals surface area contributed by atoms with Crippen LogP contribution < -0.4 is 10.6 Å². The van der Waals surface area contributed by atoms with Crippen LogP contribution in [0.1, 0.15) is 28.7 Å². The first-order chi connectivity index (χ1) is 14.5. The maximum absolute atomic E-state index is 12.2. The molecule has 152 valence electrons. The zero-order valence-electron chi connectivity index (χ0n) is 16.2. The Bertz CT molecular complexity index is 1260. The van der Waals surface area contributed by atoms with E-state index in [4.69, 9.17) is 4.52 Å². The van der Waals surface area contributed by atoms with Gasteiger partial charge in [0.2, 0.25) is 5.88 Å². The molecular weight excluding hydrogens is 388 g/mol. The van der Waals surface area contributed by atoms with E-state index in [2.05, 4.69) is 25.9 Å². The number of rotatable bonds is 5. The summed E-state index contributed by atoms with van der Waals surface area (Å²) in [6.07, 6.45) is 2.00. The van der Waals surface area contributed by atoms with E-state index < -0.39 is 12.0 Å². The molecule has 0 unspecified atom stereocenters. The number of hydrogen-bond acceptors (Lipinski definition) is 6. The number of amides is 2. The summed E-state index contributed by atoms with van der Waals surface area (Å²) in [5.74, 6) is -0.830. The van der Waals surface area contributed by atoms with Crippen molar-refractivity contribution in [2.24, 2.45) is 0 Å². The number of fused-ring (bicyclic) bond motifs is 1. The van der Waals surface area contributed by atoms with Gasteiger partial charge in [0.15, 0.2) is 5.65 Å². The molecule has 10 nitrogen and oxygen atoms in total. The predicted molar refractivity (Wildman–Crippen MR) is 109 cm³/mol. The maximum atomic E-state index is 12.2. The van der Waals surface area contributed by atoms with Crippen LogP contribution in [0.3, 0.4) is 0 Å². The molecule has 3 heterocycles. The van der Waals surface area contributed by atoms with Gasteiger partial charge in [-0.05, 0) is 31.5 Å². The molecule has 2 amide bonds. The monoisotopic (exact) mass is 406 g/mol. The van der Waals surface area contributed by atoms with E-state index in [-0.39, 0.29) is 17.1 Å². The third-order valence-electron chi connectivity index (χ3n) is 4.42. The lowest BCUT2D eigenvalue weighted by Crippen LogP contribution is -2.19. The van der Waals surface area contributed by atoms with Gasteiger partial charge in [-0.2, -0.15) is 5.10 Å². The average molecular weight is 406 g/mol. The Kier molecular flexibility index (Phi) is 4.88. The Morgan fingerprint density at radius 3 is 2.73 bits per heavy atom. The zero-order chi connectivity index (χ0) is 21.3. The lowest BCUT2D eigenvalue weighted by atomic mass is 10.1. The normalized spacial score (nSPS) is 10.9. The van der Waals surface area contributed by atoms with Crippen molar-refractivity contribution in [3.05, 3.63) is 59.5 Å². The minimum atomic E-state index is -1.07. The number of nitrogens with zero attached hydrogens (tertiary/aromatic N) is 4. The van der Waals surface area contributed by atoms with Crippen molar-refractivity contribution in [3.8, 4) is 11.3 Å². The molecule has 30 heavy (non-hydrogen) atoms. The smallest absolute Gasteiger partial charge is 0.341 e. The van der Waals surface area contributed by atoms with Gasteiger partial charge in [-0.25, -0.2) is 19.1 Å². The van der Waals surface area contributed by atoms with Crippen molar-refractivity contribution in [1.82, 2.24) is 19.8 Å². The van der Waals surface area contributed by atoms with Crippen molar-refractivity contribution >= 4 is 29.2 Å². The number of hydrogen-bond donors (Lipinski definition) is 3. The summed E-state index contributed by atoms with van der Waals surface area (Å²) in [6.45, 7) is 3.59. The Balaban J connectivity index is 1.66. The highest BCUT2D eigenvalue weighted by molar-refractivity contribution is 5.99. The number of anilines is 2. The van der Waals surface area contributed by atoms with Crippen molar-refractivity contribution in [1.29, 1.82) is 0 Å². The lowest BCUT2D eigenvalue weighted by Gasteiger charge is -2.09. The second kappa shape index (κ2) is 7.66. The van der Waals surface area contributed by atoms with Gasteiger partial charge < -0.3 is 14.9 Å². The third kappa shape index (κ3) is 3.58. The van der Waals surface area contributed by atoms with E-state index in [1.54, 1.807) is 37.3 Å². The van der Waals surface area contributed by atoms with Gasteiger partial charge in [0, 0.05) is 23.5 Å². The number of carbonyl (C=O) groups excluding carboxylic acids is 1. The molecule has 0 aliphatic carbocycles. The zero-order valence-corrected chi connectivity index (χ0v) is 16.2. The summed E-state index contributed by atoms with van der Waals surface area (Å²) in [5, 5.41) is 23.0. The Labute approximate surface area is 170 Å². The first-order valence-electron chi connectivity index (χ1n) is 9.18. The Hall–Kier alpha value is -4.21. The van der Waals surface area contributed by atoms with Crippen LogP contribution in [0.5, 0.6) is 0 Å². The number of urea groups is 1. The Morgan fingerprint density at radius 1 is 1.20 bits per heavy atom. The molecule has 10 heteroatoms. The number of aromatic carboxylic acids is 1. The number of aromatic nitrogens is 4. The van der Waals surface area contributed by atoms with Crippen molar-refractivity contribution < 1.29 is 19.2 Å². The number of aryl methyl sites for hydroxylation is 2. The molecule has 0 radical (unpaired) electrons. The molecule has 0 saturated heterocycles. The van der Waals surface area contributed by atoms with E-state index in [1.165, 1.54) is 10.7 Å².